The lowest BCUT2D eigenvalue weighted by molar-refractivity contribution is 0.102. The molecule has 1 amide bonds. The highest BCUT2D eigenvalue weighted by atomic mass is 32.1. The summed E-state index contributed by atoms with van der Waals surface area (Å²) in [6, 6.07) is 15.7. The molecule has 0 aliphatic rings. The molecule has 4 nitrogen and oxygen atoms in total. The van der Waals surface area contributed by atoms with Crippen LogP contribution in [0.1, 0.15) is 21.6 Å². The molecule has 4 aromatic rings. The van der Waals surface area contributed by atoms with Gasteiger partial charge in [0, 0.05) is 33.1 Å². The van der Waals surface area contributed by atoms with Crippen molar-refractivity contribution in [2.24, 2.45) is 0 Å². The topological polar surface area (TPSA) is 57.8 Å². The van der Waals surface area contributed by atoms with Crippen LogP contribution in [0.4, 0.5) is 5.13 Å². The zero-order chi connectivity index (χ0) is 17.4. The Morgan fingerprint density at radius 2 is 1.96 bits per heavy atom. The maximum atomic E-state index is 12.4. The number of carbonyl (C=O) groups is 1. The lowest BCUT2D eigenvalue weighted by Gasteiger charge is -2.02. The van der Waals surface area contributed by atoms with Crippen LogP contribution >= 0.6 is 11.3 Å². The summed E-state index contributed by atoms with van der Waals surface area (Å²) in [5.74, 6) is -0.139. The lowest BCUT2D eigenvalue weighted by atomic mass is 10.1. The van der Waals surface area contributed by atoms with E-state index in [9.17, 15) is 4.79 Å². The Kier molecular flexibility index (Phi) is 3.86. The number of aromatic amines is 1. The van der Waals surface area contributed by atoms with Gasteiger partial charge in [-0.05, 0) is 32.0 Å². The fourth-order valence-corrected chi connectivity index (χ4v) is 3.70. The van der Waals surface area contributed by atoms with Crippen LogP contribution < -0.4 is 5.32 Å². The summed E-state index contributed by atoms with van der Waals surface area (Å²) < 4.78 is 0. The van der Waals surface area contributed by atoms with Gasteiger partial charge >= 0.3 is 0 Å². The first-order valence-electron chi connectivity index (χ1n) is 8.03. The van der Waals surface area contributed by atoms with Gasteiger partial charge in [0.25, 0.3) is 5.91 Å². The number of nitrogens with one attached hydrogen (secondary N) is 2. The maximum absolute atomic E-state index is 12.4. The number of hydrogen-bond acceptors (Lipinski definition) is 3. The molecule has 0 unspecified atom stereocenters. The van der Waals surface area contributed by atoms with Crippen LogP contribution in [0.3, 0.4) is 0 Å². The minimum Gasteiger partial charge on any atom is -0.358 e. The summed E-state index contributed by atoms with van der Waals surface area (Å²) in [5, 5.41) is 6.62. The number of fused-ring (bicyclic) bond motifs is 1. The molecule has 0 saturated carbocycles. The fraction of sp³-hybridized carbons (Fsp3) is 0.100. The van der Waals surface area contributed by atoms with Gasteiger partial charge in [-0.1, -0.05) is 35.9 Å². The van der Waals surface area contributed by atoms with Crippen LogP contribution in [0.25, 0.3) is 22.2 Å². The molecular formula is C20H17N3OS. The van der Waals surface area contributed by atoms with Gasteiger partial charge in [-0.3, -0.25) is 10.1 Å². The Labute approximate surface area is 149 Å². The van der Waals surface area contributed by atoms with Gasteiger partial charge in [-0.2, -0.15) is 0 Å². The van der Waals surface area contributed by atoms with E-state index in [4.69, 9.17) is 0 Å². The van der Waals surface area contributed by atoms with Crippen molar-refractivity contribution >= 4 is 33.3 Å². The molecule has 4 rings (SSSR count). The molecule has 2 N–H and O–H groups in total. The van der Waals surface area contributed by atoms with Crippen molar-refractivity contribution in [1.29, 1.82) is 0 Å². The number of carbonyl (C=O) groups excluding carboxylic acids is 1. The van der Waals surface area contributed by atoms with Gasteiger partial charge < -0.3 is 4.98 Å². The predicted octanol–water partition coefficient (Wildman–Crippen LogP) is 5.16. The fourth-order valence-electron chi connectivity index (χ4n) is 3.01. The molecule has 124 valence electrons. The molecule has 2 aromatic heterocycles. The van der Waals surface area contributed by atoms with E-state index in [1.165, 1.54) is 11.3 Å². The summed E-state index contributed by atoms with van der Waals surface area (Å²) in [4.78, 5) is 20.4. The van der Waals surface area contributed by atoms with Gasteiger partial charge in [-0.15, -0.1) is 11.3 Å². The van der Waals surface area contributed by atoms with E-state index in [1.807, 2.05) is 49.6 Å². The largest absolute Gasteiger partial charge is 0.358 e. The van der Waals surface area contributed by atoms with Gasteiger partial charge in [0.2, 0.25) is 0 Å². The lowest BCUT2D eigenvalue weighted by Crippen LogP contribution is -2.11. The highest BCUT2D eigenvalue weighted by Gasteiger charge is 2.15. The number of para-hydroxylation sites is 1. The molecule has 0 bridgehead atoms. The minimum absolute atomic E-state index is 0.139. The van der Waals surface area contributed by atoms with Crippen molar-refractivity contribution in [3.63, 3.8) is 0 Å². The number of amides is 1. The van der Waals surface area contributed by atoms with Gasteiger partial charge in [0.05, 0.1) is 5.69 Å². The van der Waals surface area contributed by atoms with Crippen LogP contribution in [0.15, 0.2) is 53.9 Å². The van der Waals surface area contributed by atoms with Gasteiger partial charge in [0.15, 0.2) is 5.13 Å². The summed E-state index contributed by atoms with van der Waals surface area (Å²) >= 11 is 1.44. The molecule has 0 radical (unpaired) electrons. The predicted molar refractivity (Wildman–Crippen MR) is 103 cm³/mol. The van der Waals surface area contributed by atoms with Crippen molar-refractivity contribution < 1.29 is 4.79 Å². The summed E-state index contributed by atoms with van der Waals surface area (Å²) in [6.07, 6.45) is 0. The summed E-state index contributed by atoms with van der Waals surface area (Å²) in [7, 11) is 0. The third-order valence-electron chi connectivity index (χ3n) is 4.15. The van der Waals surface area contributed by atoms with Crippen molar-refractivity contribution in [3.05, 3.63) is 70.7 Å². The molecule has 2 aromatic carbocycles. The molecule has 0 aliphatic heterocycles. The zero-order valence-corrected chi connectivity index (χ0v) is 14.8. The molecule has 0 aliphatic carbocycles. The number of benzene rings is 2. The molecule has 25 heavy (non-hydrogen) atoms. The molecule has 2 heterocycles. The number of hydrogen-bond donors (Lipinski definition) is 2. The van der Waals surface area contributed by atoms with E-state index in [0.717, 1.165) is 33.4 Å². The third kappa shape index (κ3) is 2.94. The van der Waals surface area contributed by atoms with E-state index in [1.54, 1.807) is 6.07 Å². The van der Waals surface area contributed by atoms with E-state index >= 15 is 0 Å². The zero-order valence-electron chi connectivity index (χ0n) is 14.0. The SMILES string of the molecule is Cc1cccc(C(=O)Nc2nc(-c3c(C)[nH]c4ccccc34)cs2)c1. The molecular weight excluding hydrogens is 330 g/mol. The standard InChI is InChI=1S/C20H17N3OS/c1-12-6-5-7-14(10-12)19(24)23-20-22-17(11-25-20)18-13(2)21-16-9-4-3-8-15(16)18/h3-11,21H,1-2H3,(H,22,23,24). The van der Waals surface area contributed by atoms with Gasteiger partial charge in [-0.25, -0.2) is 4.98 Å². The number of thiazole rings is 1. The first kappa shape index (κ1) is 15.6. The maximum Gasteiger partial charge on any atom is 0.257 e. The Morgan fingerprint density at radius 3 is 2.80 bits per heavy atom. The van der Waals surface area contributed by atoms with Gasteiger partial charge in [0.1, 0.15) is 0 Å². The monoisotopic (exact) mass is 347 g/mol. The Morgan fingerprint density at radius 1 is 1.12 bits per heavy atom. The molecule has 0 atom stereocenters. The summed E-state index contributed by atoms with van der Waals surface area (Å²) in [6.45, 7) is 4.01. The Hall–Kier alpha value is -2.92. The highest BCUT2D eigenvalue weighted by Crippen LogP contribution is 2.33. The van der Waals surface area contributed by atoms with Crippen molar-refractivity contribution in [3.8, 4) is 11.3 Å². The van der Waals surface area contributed by atoms with Crippen LogP contribution in [0.2, 0.25) is 0 Å². The van der Waals surface area contributed by atoms with Crippen molar-refractivity contribution in [1.82, 2.24) is 9.97 Å². The van der Waals surface area contributed by atoms with Crippen LogP contribution in [0, 0.1) is 13.8 Å². The average molecular weight is 347 g/mol. The third-order valence-corrected chi connectivity index (χ3v) is 4.91. The number of rotatable bonds is 3. The van der Waals surface area contributed by atoms with E-state index < -0.39 is 0 Å². The number of nitrogens with zero attached hydrogens (tertiary/aromatic N) is 1. The Bertz CT molecular complexity index is 1080. The minimum atomic E-state index is -0.139. The molecule has 0 spiro atoms. The molecule has 5 heteroatoms. The average Bonchev–Trinajstić information content (AvgIpc) is 3.17. The van der Waals surface area contributed by atoms with Crippen molar-refractivity contribution in [2.45, 2.75) is 13.8 Å². The highest BCUT2D eigenvalue weighted by molar-refractivity contribution is 7.14. The van der Waals surface area contributed by atoms with Crippen LogP contribution in [-0.4, -0.2) is 15.9 Å². The summed E-state index contributed by atoms with van der Waals surface area (Å²) in [5.41, 5.74) is 5.82. The smallest absolute Gasteiger partial charge is 0.257 e. The van der Waals surface area contributed by atoms with Crippen LogP contribution in [0.5, 0.6) is 0 Å². The normalized spacial score (nSPS) is 11.0. The van der Waals surface area contributed by atoms with E-state index in [2.05, 4.69) is 27.4 Å². The second-order valence-corrected chi connectivity index (χ2v) is 6.89. The number of anilines is 1. The van der Waals surface area contributed by atoms with E-state index in [0.29, 0.717) is 10.7 Å². The number of aromatic nitrogens is 2. The number of H-pyrrole nitrogens is 1. The second-order valence-electron chi connectivity index (χ2n) is 6.03. The molecule has 0 fully saturated rings. The quantitative estimate of drug-likeness (QED) is 0.538. The Balaban J connectivity index is 1.64. The number of aryl methyl sites for hydroxylation is 2. The molecule has 0 saturated heterocycles. The first-order chi connectivity index (χ1) is 12.1. The van der Waals surface area contributed by atoms with Crippen molar-refractivity contribution in [2.75, 3.05) is 5.32 Å². The first-order valence-corrected chi connectivity index (χ1v) is 8.91. The van der Waals surface area contributed by atoms with E-state index in [-0.39, 0.29) is 5.91 Å². The van der Waals surface area contributed by atoms with Crippen LogP contribution in [-0.2, 0) is 0 Å². The second kappa shape index (κ2) is 6.18.